The fourth-order valence-electron chi connectivity index (χ4n) is 2.45. The van der Waals surface area contributed by atoms with Crippen LogP contribution in [0.4, 0.5) is 24.7 Å². The molecule has 0 atom stereocenters. The summed E-state index contributed by atoms with van der Waals surface area (Å²) in [6.07, 6.45) is -3.07. The quantitative estimate of drug-likeness (QED) is 0.201. The lowest BCUT2D eigenvalue weighted by molar-refractivity contribution is -0.113. The average molecular weight is 612 g/mol. The van der Waals surface area contributed by atoms with Gasteiger partial charge in [0, 0.05) is 29.2 Å². The minimum absolute atomic E-state index is 0.00961. The van der Waals surface area contributed by atoms with E-state index in [4.69, 9.17) is 17.4 Å². The van der Waals surface area contributed by atoms with E-state index >= 15 is 0 Å². The van der Waals surface area contributed by atoms with E-state index in [1.807, 2.05) is 0 Å². The molecule has 2 aromatic rings. The third-order valence-electron chi connectivity index (χ3n) is 4.06. The average Bonchev–Trinajstić information content (AvgIpc) is 2.71. The van der Waals surface area contributed by atoms with Gasteiger partial charge in [-0.15, -0.1) is 0 Å². The van der Waals surface area contributed by atoms with Crippen molar-refractivity contribution >= 4 is 66.8 Å². The van der Waals surface area contributed by atoms with E-state index in [0.29, 0.717) is 20.0 Å². The number of halogens is 6. The first-order valence-corrected chi connectivity index (χ1v) is 10.9. The van der Waals surface area contributed by atoms with Crippen molar-refractivity contribution < 1.29 is 22.8 Å². The number of carbonyl (C=O) groups excluding carboxylic acids is 2. The molecule has 0 aliphatic heterocycles. The summed E-state index contributed by atoms with van der Waals surface area (Å²) in [6.45, 7) is 2.96. The molecule has 0 saturated carbocycles. The highest BCUT2D eigenvalue weighted by Crippen LogP contribution is 2.33. The van der Waals surface area contributed by atoms with Gasteiger partial charge in [0.1, 0.15) is 5.70 Å². The zero-order valence-electron chi connectivity index (χ0n) is 17.2. The number of nitrogens with two attached hydrogens (primary N) is 1. The lowest BCUT2D eigenvalue weighted by atomic mass is 10.1. The van der Waals surface area contributed by atoms with Crippen LogP contribution in [0.15, 0.2) is 63.3 Å². The van der Waals surface area contributed by atoms with Gasteiger partial charge in [0.15, 0.2) is 5.82 Å². The van der Waals surface area contributed by atoms with Crippen molar-refractivity contribution in [3.05, 3.63) is 73.9 Å². The van der Waals surface area contributed by atoms with Gasteiger partial charge in [-0.2, -0.15) is 13.2 Å². The number of rotatable bonds is 6. The number of aromatic nitrogens is 1. The molecule has 3 N–H and O–H groups in total. The standard InChI is InChI=1S/C20H17Br2ClF3N5O2/c1-10(20(24,25)26)7-15(31(27)17-14(23)5-4-6-28-17)18(32)29-16-12(19(33)30(2)3)8-11(21)9-13(16)22/h4-9H,1,27H2,2-3H3,(H,29,32)/b15-7-. The third-order valence-corrected chi connectivity index (χ3v) is 5.44. The van der Waals surface area contributed by atoms with E-state index in [1.165, 1.54) is 43.4 Å². The van der Waals surface area contributed by atoms with E-state index in [1.54, 1.807) is 6.07 Å². The number of benzene rings is 1. The monoisotopic (exact) mass is 609 g/mol. The normalized spacial score (nSPS) is 11.7. The van der Waals surface area contributed by atoms with Gasteiger partial charge in [0.05, 0.1) is 21.8 Å². The Hall–Kier alpha value is -2.41. The number of alkyl halides is 3. The van der Waals surface area contributed by atoms with E-state index < -0.39 is 29.3 Å². The lowest BCUT2D eigenvalue weighted by Gasteiger charge is -2.23. The molecular formula is C20H17Br2ClF3N5O2. The van der Waals surface area contributed by atoms with Crippen molar-refractivity contribution in [2.75, 3.05) is 24.4 Å². The van der Waals surface area contributed by atoms with Crippen LogP contribution in [0.1, 0.15) is 10.4 Å². The number of nitrogens with one attached hydrogen (secondary N) is 1. The first-order chi connectivity index (χ1) is 15.2. The molecule has 33 heavy (non-hydrogen) atoms. The van der Waals surface area contributed by atoms with E-state index in [-0.39, 0.29) is 22.1 Å². The zero-order valence-corrected chi connectivity index (χ0v) is 21.1. The fourth-order valence-corrected chi connectivity index (χ4v) is 3.98. The second-order valence-electron chi connectivity index (χ2n) is 6.70. The summed E-state index contributed by atoms with van der Waals surface area (Å²) in [5, 5.41) is 3.04. The number of pyridine rings is 1. The van der Waals surface area contributed by atoms with Gasteiger partial charge in [-0.3, -0.25) is 14.6 Å². The minimum atomic E-state index is -4.83. The van der Waals surface area contributed by atoms with Crippen LogP contribution in [0.25, 0.3) is 0 Å². The topological polar surface area (TPSA) is 91.6 Å². The molecule has 0 bridgehead atoms. The second kappa shape index (κ2) is 10.7. The van der Waals surface area contributed by atoms with Gasteiger partial charge in [-0.1, -0.05) is 34.1 Å². The van der Waals surface area contributed by atoms with Gasteiger partial charge in [-0.05, 0) is 46.3 Å². The first kappa shape index (κ1) is 26.8. The van der Waals surface area contributed by atoms with Crippen molar-refractivity contribution in [2.45, 2.75) is 6.18 Å². The molecule has 1 aromatic heterocycles. The molecule has 0 radical (unpaired) electrons. The Morgan fingerprint density at radius 2 is 1.91 bits per heavy atom. The predicted octanol–water partition coefficient (Wildman–Crippen LogP) is 5.28. The number of hydrazine groups is 1. The summed E-state index contributed by atoms with van der Waals surface area (Å²) in [5.74, 6) is 4.25. The Balaban J connectivity index is 2.60. The molecule has 0 saturated heterocycles. The Morgan fingerprint density at radius 3 is 2.45 bits per heavy atom. The molecule has 0 fully saturated rings. The Bertz CT molecular complexity index is 1140. The Kier molecular flexibility index (Phi) is 8.69. The van der Waals surface area contributed by atoms with Crippen LogP contribution in [0.3, 0.4) is 0 Å². The third kappa shape index (κ3) is 6.56. The van der Waals surface area contributed by atoms with Crippen molar-refractivity contribution in [3.63, 3.8) is 0 Å². The van der Waals surface area contributed by atoms with Crippen molar-refractivity contribution in [3.8, 4) is 0 Å². The molecule has 13 heteroatoms. The molecular weight excluding hydrogens is 595 g/mol. The second-order valence-corrected chi connectivity index (χ2v) is 8.87. The molecule has 0 aliphatic rings. The maximum atomic E-state index is 13.2. The highest BCUT2D eigenvalue weighted by Gasteiger charge is 2.33. The molecule has 2 rings (SSSR count). The maximum Gasteiger partial charge on any atom is 0.415 e. The fraction of sp³-hybridized carbons (Fsp3) is 0.150. The van der Waals surface area contributed by atoms with Crippen LogP contribution in [0, 0.1) is 0 Å². The van der Waals surface area contributed by atoms with Crippen LogP contribution in [0.2, 0.25) is 5.02 Å². The van der Waals surface area contributed by atoms with Gasteiger partial charge < -0.3 is 10.2 Å². The maximum absolute atomic E-state index is 13.2. The van der Waals surface area contributed by atoms with E-state index in [0.717, 1.165) is 0 Å². The predicted molar refractivity (Wildman–Crippen MR) is 128 cm³/mol. The van der Waals surface area contributed by atoms with Crippen molar-refractivity contribution in [1.29, 1.82) is 0 Å². The first-order valence-electron chi connectivity index (χ1n) is 8.89. The molecule has 176 valence electrons. The number of allylic oxidation sites excluding steroid dienone is 2. The number of hydrogen-bond acceptors (Lipinski definition) is 5. The highest BCUT2D eigenvalue weighted by molar-refractivity contribution is 9.11. The highest BCUT2D eigenvalue weighted by atomic mass is 79.9. The largest absolute Gasteiger partial charge is 0.415 e. The zero-order chi connectivity index (χ0) is 25.1. The summed E-state index contributed by atoms with van der Waals surface area (Å²) in [4.78, 5) is 31.0. The smallest absolute Gasteiger partial charge is 0.345 e. The molecule has 1 heterocycles. The number of nitrogens with zero attached hydrogens (tertiary/aromatic N) is 3. The number of carbonyl (C=O) groups is 2. The molecule has 7 nitrogen and oxygen atoms in total. The summed E-state index contributed by atoms with van der Waals surface area (Å²) in [5.41, 5.74) is -1.92. The van der Waals surface area contributed by atoms with Crippen LogP contribution in [0.5, 0.6) is 0 Å². The Morgan fingerprint density at radius 1 is 1.27 bits per heavy atom. The van der Waals surface area contributed by atoms with E-state index in [2.05, 4.69) is 48.7 Å². The number of anilines is 2. The van der Waals surface area contributed by atoms with Gasteiger partial charge in [0.2, 0.25) is 0 Å². The summed E-state index contributed by atoms with van der Waals surface area (Å²) in [7, 11) is 3.01. The molecule has 0 aliphatic carbocycles. The molecule has 1 aromatic carbocycles. The van der Waals surface area contributed by atoms with E-state index in [9.17, 15) is 22.8 Å². The van der Waals surface area contributed by atoms with Gasteiger partial charge in [-0.25, -0.2) is 10.8 Å². The SMILES string of the molecule is C=C(/C=C(/C(=O)Nc1c(Br)cc(Br)cc1C(=O)N(C)C)N(N)c1ncccc1Cl)C(F)(F)F. The van der Waals surface area contributed by atoms with Gasteiger partial charge >= 0.3 is 6.18 Å². The summed E-state index contributed by atoms with van der Waals surface area (Å²) < 4.78 is 40.3. The van der Waals surface area contributed by atoms with Crippen LogP contribution in [-0.2, 0) is 4.79 Å². The summed E-state index contributed by atoms with van der Waals surface area (Å²) >= 11 is 12.6. The van der Waals surface area contributed by atoms with Crippen LogP contribution < -0.4 is 16.2 Å². The van der Waals surface area contributed by atoms with Crippen LogP contribution in [-0.4, -0.2) is 42.0 Å². The molecule has 0 unspecified atom stereocenters. The summed E-state index contributed by atoms with van der Waals surface area (Å²) in [6, 6.07) is 5.89. The van der Waals surface area contributed by atoms with Crippen molar-refractivity contribution in [1.82, 2.24) is 9.88 Å². The lowest BCUT2D eigenvalue weighted by Crippen LogP contribution is -2.38. The number of amides is 2. The molecule has 2 amide bonds. The van der Waals surface area contributed by atoms with Crippen molar-refractivity contribution in [2.24, 2.45) is 5.84 Å². The Labute approximate surface area is 209 Å². The van der Waals surface area contributed by atoms with Gasteiger partial charge in [0.25, 0.3) is 11.8 Å². The molecule has 0 spiro atoms. The number of hydrogen-bond donors (Lipinski definition) is 2. The minimum Gasteiger partial charge on any atom is -0.345 e. The van der Waals surface area contributed by atoms with Crippen LogP contribution >= 0.6 is 43.5 Å².